The first kappa shape index (κ1) is 14.6. The molecule has 0 saturated carbocycles. The van der Waals surface area contributed by atoms with E-state index in [1.807, 2.05) is 0 Å². The van der Waals surface area contributed by atoms with Crippen LogP contribution in [0.2, 0.25) is 0 Å². The quantitative estimate of drug-likeness (QED) is 0.350. The average Bonchev–Trinajstić information content (AvgIpc) is 2.36. The predicted molar refractivity (Wildman–Crippen MR) is 64.2 cm³/mol. The number of rotatable bonds is 4. The molecule has 20 heavy (non-hydrogen) atoms. The SMILES string of the molecule is N#CC(=Cc1cc([N+](=O)[O-])cc([N+](=O)[O-])c1O)C(N)=O. The zero-order valence-corrected chi connectivity index (χ0v) is 9.64. The lowest BCUT2D eigenvalue weighted by atomic mass is 10.1. The second-order valence-electron chi connectivity index (χ2n) is 3.45. The van der Waals surface area contributed by atoms with Gasteiger partial charge < -0.3 is 10.8 Å². The monoisotopic (exact) mass is 278 g/mol. The number of non-ortho nitro benzene ring substituents is 1. The molecule has 1 rings (SSSR count). The van der Waals surface area contributed by atoms with Gasteiger partial charge in [0.2, 0.25) is 5.75 Å². The number of phenols is 1. The van der Waals surface area contributed by atoms with Crippen molar-refractivity contribution in [1.29, 1.82) is 5.26 Å². The molecule has 0 unspecified atom stereocenters. The predicted octanol–water partition coefficient (Wildman–Crippen LogP) is 0.601. The van der Waals surface area contributed by atoms with E-state index in [2.05, 4.69) is 0 Å². The lowest BCUT2D eigenvalue weighted by molar-refractivity contribution is -0.394. The second kappa shape index (κ2) is 5.44. The number of carbonyl (C=O) groups excluding carboxylic acids is 1. The van der Waals surface area contributed by atoms with Gasteiger partial charge in [0.1, 0.15) is 11.6 Å². The molecule has 0 fully saturated rings. The van der Waals surface area contributed by atoms with E-state index in [1.165, 1.54) is 6.07 Å². The summed E-state index contributed by atoms with van der Waals surface area (Å²) in [6, 6.07) is 2.75. The summed E-state index contributed by atoms with van der Waals surface area (Å²) in [5.41, 5.74) is 2.21. The minimum Gasteiger partial charge on any atom is -0.502 e. The molecule has 0 radical (unpaired) electrons. The van der Waals surface area contributed by atoms with Crippen LogP contribution in [0.3, 0.4) is 0 Å². The molecule has 1 aromatic rings. The van der Waals surface area contributed by atoms with Gasteiger partial charge in [-0.15, -0.1) is 0 Å². The van der Waals surface area contributed by atoms with Gasteiger partial charge in [0.15, 0.2) is 0 Å². The van der Waals surface area contributed by atoms with E-state index < -0.39 is 44.0 Å². The first-order chi connectivity index (χ1) is 9.27. The Hall–Kier alpha value is -3.48. The van der Waals surface area contributed by atoms with Crippen molar-refractivity contribution >= 4 is 23.4 Å². The third kappa shape index (κ3) is 2.85. The number of hydrogen-bond donors (Lipinski definition) is 2. The average molecular weight is 278 g/mol. The molecular weight excluding hydrogens is 272 g/mol. The molecule has 3 N–H and O–H groups in total. The Kier molecular flexibility index (Phi) is 3.97. The minimum atomic E-state index is -1.14. The van der Waals surface area contributed by atoms with Crippen molar-refractivity contribution in [2.45, 2.75) is 0 Å². The van der Waals surface area contributed by atoms with E-state index in [0.29, 0.717) is 6.07 Å². The summed E-state index contributed by atoms with van der Waals surface area (Å²) in [4.78, 5) is 30.3. The normalized spacial score (nSPS) is 10.7. The van der Waals surface area contributed by atoms with Crippen molar-refractivity contribution in [3.8, 4) is 11.8 Å². The molecule has 0 bridgehead atoms. The highest BCUT2D eigenvalue weighted by molar-refractivity contribution is 6.01. The number of nitrogens with two attached hydrogens (primary N) is 1. The first-order valence-electron chi connectivity index (χ1n) is 4.85. The van der Waals surface area contributed by atoms with Crippen LogP contribution in [0.4, 0.5) is 11.4 Å². The van der Waals surface area contributed by atoms with Gasteiger partial charge >= 0.3 is 5.69 Å². The lowest BCUT2D eigenvalue weighted by Gasteiger charge is -2.01. The van der Waals surface area contributed by atoms with E-state index in [4.69, 9.17) is 11.0 Å². The molecule has 1 aromatic carbocycles. The summed E-state index contributed by atoms with van der Waals surface area (Å²) in [7, 11) is 0. The molecule has 0 aliphatic carbocycles. The summed E-state index contributed by atoms with van der Waals surface area (Å²) in [5.74, 6) is -2.05. The number of amides is 1. The summed E-state index contributed by atoms with van der Waals surface area (Å²) in [6.07, 6.45) is 0.734. The molecule has 0 aliphatic rings. The third-order valence-electron chi connectivity index (χ3n) is 2.20. The maximum absolute atomic E-state index is 10.9. The molecule has 0 spiro atoms. The molecular formula is C10H6N4O6. The van der Waals surface area contributed by atoms with Gasteiger partial charge in [0.25, 0.3) is 11.6 Å². The van der Waals surface area contributed by atoms with Gasteiger partial charge in [-0.1, -0.05) is 0 Å². The maximum atomic E-state index is 10.9. The zero-order chi connectivity index (χ0) is 15.4. The number of phenolic OH excluding ortho intramolecular Hbond substituents is 1. The largest absolute Gasteiger partial charge is 0.502 e. The number of nitro benzene ring substituents is 2. The summed E-state index contributed by atoms with van der Waals surface area (Å²) < 4.78 is 0. The van der Waals surface area contributed by atoms with Crippen LogP contribution in [0.5, 0.6) is 5.75 Å². The Balaban J connectivity index is 3.62. The number of nitriles is 1. The zero-order valence-electron chi connectivity index (χ0n) is 9.64. The highest BCUT2D eigenvalue weighted by Crippen LogP contribution is 2.35. The van der Waals surface area contributed by atoms with Crippen LogP contribution in [0, 0.1) is 31.6 Å². The number of nitrogens with zero attached hydrogens (tertiary/aromatic N) is 3. The fourth-order valence-corrected chi connectivity index (χ4v) is 1.29. The Morgan fingerprint density at radius 3 is 2.35 bits per heavy atom. The van der Waals surface area contributed by atoms with Crippen LogP contribution in [0.25, 0.3) is 6.08 Å². The highest BCUT2D eigenvalue weighted by atomic mass is 16.6. The number of carbonyl (C=O) groups is 1. The molecule has 10 heteroatoms. The number of benzene rings is 1. The van der Waals surface area contributed by atoms with Crippen LogP contribution in [-0.2, 0) is 4.79 Å². The first-order valence-corrected chi connectivity index (χ1v) is 4.85. The molecule has 0 heterocycles. The Bertz CT molecular complexity index is 688. The standard InChI is InChI=1S/C10H6N4O6/c11-4-6(10(12)16)1-5-2-7(13(17)18)3-8(9(5)15)14(19)20/h1-3,15H,(H2,12,16). The Labute approximate surface area is 110 Å². The Morgan fingerprint density at radius 2 is 1.95 bits per heavy atom. The van der Waals surface area contributed by atoms with Crippen molar-refractivity contribution < 1.29 is 19.7 Å². The summed E-state index contributed by atoms with van der Waals surface area (Å²) >= 11 is 0. The van der Waals surface area contributed by atoms with Crippen LogP contribution in [0.1, 0.15) is 5.56 Å². The molecule has 102 valence electrons. The topological polar surface area (TPSA) is 173 Å². The molecule has 0 saturated heterocycles. The number of primary amides is 1. The number of hydrogen-bond acceptors (Lipinski definition) is 7. The van der Waals surface area contributed by atoms with Gasteiger partial charge in [-0.05, 0) is 6.08 Å². The van der Waals surface area contributed by atoms with E-state index in [9.17, 15) is 30.1 Å². The van der Waals surface area contributed by atoms with Gasteiger partial charge in [-0.25, -0.2) is 0 Å². The van der Waals surface area contributed by atoms with Gasteiger partial charge in [0.05, 0.1) is 15.9 Å². The van der Waals surface area contributed by atoms with Crippen LogP contribution in [-0.4, -0.2) is 20.9 Å². The molecule has 0 aliphatic heterocycles. The minimum absolute atomic E-state index is 0.429. The van der Waals surface area contributed by atoms with E-state index in [0.717, 1.165) is 12.1 Å². The van der Waals surface area contributed by atoms with Crippen LogP contribution in [0.15, 0.2) is 17.7 Å². The third-order valence-corrected chi connectivity index (χ3v) is 2.20. The lowest BCUT2D eigenvalue weighted by Crippen LogP contribution is -2.12. The maximum Gasteiger partial charge on any atom is 0.318 e. The van der Waals surface area contributed by atoms with E-state index >= 15 is 0 Å². The van der Waals surface area contributed by atoms with Crippen LogP contribution >= 0.6 is 0 Å². The number of aromatic hydroxyl groups is 1. The second-order valence-corrected chi connectivity index (χ2v) is 3.45. The van der Waals surface area contributed by atoms with E-state index in [-0.39, 0.29) is 0 Å². The van der Waals surface area contributed by atoms with Crippen molar-refractivity contribution in [1.82, 2.24) is 0 Å². The van der Waals surface area contributed by atoms with Crippen molar-refractivity contribution in [3.05, 3.63) is 43.5 Å². The van der Waals surface area contributed by atoms with Gasteiger partial charge in [-0.2, -0.15) is 5.26 Å². The fourth-order valence-electron chi connectivity index (χ4n) is 1.29. The van der Waals surface area contributed by atoms with Gasteiger partial charge in [-0.3, -0.25) is 25.0 Å². The molecule has 0 atom stereocenters. The fraction of sp³-hybridized carbons (Fsp3) is 0. The Morgan fingerprint density at radius 1 is 1.35 bits per heavy atom. The van der Waals surface area contributed by atoms with Crippen molar-refractivity contribution in [3.63, 3.8) is 0 Å². The number of nitro groups is 2. The summed E-state index contributed by atoms with van der Waals surface area (Å²) in [6.45, 7) is 0. The van der Waals surface area contributed by atoms with Crippen molar-refractivity contribution in [2.24, 2.45) is 5.73 Å². The highest BCUT2D eigenvalue weighted by Gasteiger charge is 2.23. The smallest absolute Gasteiger partial charge is 0.318 e. The molecule has 0 aromatic heterocycles. The summed E-state index contributed by atoms with van der Waals surface area (Å²) in [5, 5.41) is 39.6. The molecule has 1 amide bonds. The van der Waals surface area contributed by atoms with Gasteiger partial charge in [0, 0.05) is 11.6 Å². The van der Waals surface area contributed by atoms with Crippen molar-refractivity contribution in [2.75, 3.05) is 0 Å². The van der Waals surface area contributed by atoms with E-state index in [1.54, 1.807) is 0 Å². The molecule has 10 nitrogen and oxygen atoms in total. The van der Waals surface area contributed by atoms with Crippen LogP contribution < -0.4 is 5.73 Å².